The third-order valence-electron chi connectivity index (χ3n) is 4.39. The number of nitriles is 1. The van der Waals surface area contributed by atoms with Crippen LogP contribution in [0.15, 0.2) is 75.0 Å². The fraction of sp³-hybridized carbons (Fsp3) is 0.227. The molecule has 0 saturated heterocycles. The largest absolute Gasteiger partial charge is 0.468 e. The number of hydrogen-bond donors (Lipinski definition) is 2. The Labute approximate surface area is 178 Å². The van der Waals surface area contributed by atoms with Crippen LogP contribution in [-0.4, -0.2) is 24.2 Å². The van der Waals surface area contributed by atoms with Crippen molar-refractivity contribution in [3.63, 3.8) is 0 Å². The Morgan fingerprint density at radius 1 is 1.27 bits per heavy atom. The van der Waals surface area contributed by atoms with E-state index in [9.17, 15) is 14.9 Å². The van der Waals surface area contributed by atoms with Crippen molar-refractivity contribution in [3.8, 4) is 6.07 Å². The fourth-order valence-electron chi connectivity index (χ4n) is 3.12. The van der Waals surface area contributed by atoms with Gasteiger partial charge in [-0.1, -0.05) is 30.0 Å². The van der Waals surface area contributed by atoms with Gasteiger partial charge < -0.3 is 19.8 Å². The number of benzene rings is 1. The van der Waals surface area contributed by atoms with E-state index in [1.807, 2.05) is 18.2 Å². The summed E-state index contributed by atoms with van der Waals surface area (Å²) in [5, 5.41) is 16.4. The van der Waals surface area contributed by atoms with Crippen molar-refractivity contribution in [1.82, 2.24) is 5.32 Å². The maximum absolute atomic E-state index is 13.1. The molecule has 1 aliphatic rings. The Kier molecular flexibility index (Phi) is 6.99. The minimum Gasteiger partial charge on any atom is -0.468 e. The summed E-state index contributed by atoms with van der Waals surface area (Å²) in [5.74, 6) is -0.891. The average Bonchev–Trinajstić information content (AvgIpc) is 3.27. The van der Waals surface area contributed by atoms with Crippen LogP contribution in [0.3, 0.4) is 0 Å². The number of esters is 1. The molecule has 0 saturated carbocycles. The van der Waals surface area contributed by atoms with Gasteiger partial charge in [-0.2, -0.15) is 5.26 Å². The molecule has 2 heterocycles. The first-order valence-electron chi connectivity index (χ1n) is 9.35. The summed E-state index contributed by atoms with van der Waals surface area (Å²) in [5.41, 5.74) is 1.91. The van der Waals surface area contributed by atoms with Crippen LogP contribution >= 0.6 is 11.8 Å². The minimum atomic E-state index is -0.695. The van der Waals surface area contributed by atoms with Crippen molar-refractivity contribution in [2.75, 3.05) is 17.7 Å². The molecule has 3 rings (SSSR count). The molecule has 2 N–H and O–H groups in total. The van der Waals surface area contributed by atoms with Crippen LogP contribution in [0.2, 0.25) is 0 Å². The van der Waals surface area contributed by atoms with Gasteiger partial charge in [0.15, 0.2) is 0 Å². The fourth-order valence-corrected chi connectivity index (χ4v) is 4.01. The molecule has 0 spiro atoms. The molecule has 0 aliphatic carbocycles. The first kappa shape index (κ1) is 21.3. The van der Waals surface area contributed by atoms with Gasteiger partial charge in [-0.15, -0.1) is 0 Å². The Hall–Kier alpha value is -3.44. The maximum Gasteiger partial charge on any atom is 0.316 e. The summed E-state index contributed by atoms with van der Waals surface area (Å²) in [7, 11) is 0. The second kappa shape index (κ2) is 9.85. The van der Waals surface area contributed by atoms with Crippen molar-refractivity contribution >= 4 is 29.3 Å². The summed E-state index contributed by atoms with van der Waals surface area (Å²) < 4.78 is 10.5. The number of ether oxygens (including phenoxy) is 1. The van der Waals surface area contributed by atoms with Crippen LogP contribution in [-0.2, 0) is 14.3 Å². The third kappa shape index (κ3) is 4.75. The predicted molar refractivity (Wildman–Crippen MR) is 114 cm³/mol. The first-order valence-corrected chi connectivity index (χ1v) is 10.3. The number of para-hydroxylation sites is 1. The summed E-state index contributed by atoms with van der Waals surface area (Å²) in [6, 6.07) is 14.7. The zero-order chi connectivity index (χ0) is 21.5. The van der Waals surface area contributed by atoms with Crippen LogP contribution in [0.1, 0.15) is 25.5 Å². The molecular formula is C22H21N3O4S. The number of allylic oxidation sites excluding steroid dienone is 2. The van der Waals surface area contributed by atoms with E-state index in [0.29, 0.717) is 33.3 Å². The van der Waals surface area contributed by atoms with Gasteiger partial charge in [0.1, 0.15) is 5.76 Å². The average molecular weight is 423 g/mol. The lowest BCUT2D eigenvalue weighted by Gasteiger charge is -2.28. The molecule has 0 radical (unpaired) electrons. The summed E-state index contributed by atoms with van der Waals surface area (Å²) in [6.07, 6.45) is 1.50. The van der Waals surface area contributed by atoms with Crippen molar-refractivity contribution in [3.05, 3.63) is 76.4 Å². The van der Waals surface area contributed by atoms with E-state index in [0.717, 1.165) is 11.8 Å². The van der Waals surface area contributed by atoms with E-state index in [-0.39, 0.29) is 24.2 Å². The molecule has 0 bridgehead atoms. The van der Waals surface area contributed by atoms with E-state index < -0.39 is 5.92 Å². The molecule has 1 aliphatic heterocycles. The van der Waals surface area contributed by atoms with Gasteiger partial charge in [-0.05, 0) is 38.1 Å². The molecule has 2 aromatic rings. The minimum absolute atomic E-state index is 0.0467. The van der Waals surface area contributed by atoms with Crippen LogP contribution in [0.4, 0.5) is 5.69 Å². The van der Waals surface area contributed by atoms with Crippen molar-refractivity contribution in [1.29, 1.82) is 5.26 Å². The van der Waals surface area contributed by atoms with E-state index in [4.69, 9.17) is 9.15 Å². The van der Waals surface area contributed by atoms with Gasteiger partial charge in [-0.3, -0.25) is 9.59 Å². The molecule has 7 nitrogen and oxygen atoms in total. The van der Waals surface area contributed by atoms with Crippen LogP contribution < -0.4 is 10.6 Å². The molecule has 1 atom stereocenters. The maximum atomic E-state index is 13.1. The number of amides is 1. The van der Waals surface area contributed by atoms with Crippen LogP contribution in [0.25, 0.3) is 0 Å². The highest BCUT2D eigenvalue weighted by Crippen LogP contribution is 2.41. The van der Waals surface area contributed by atoms with E-state index in [1.54, 1.807) is 38.1 Å². The number of nitrogens with zero attached hydrogens (tertiary/aromatic N) is 1. The van der Waals surface area contributed by atoms with Gasteiger partial charge in [0.05, 0.1) is 46.8 Å². The number of anilines is 1. The molecule has 8 heteroatoms. The zero-order valence-corrected chi connectivity index (χ0v) is 17.4. The van der Waals surface area contributed by atoms with E-state index in [1.165, 1.54) is 6.26 Å². The van der Waals surface area contributed by atoms with Crippen LogP contribution in [0.5, 0.6) is 0 Å². The molecule has 30 heavy (non-hydrogen) atoms. The third-order valence-corrected chi connectivity index (χ3v) is 5.38. The van der Waals surface area contributed by atoms with Gasteiger partial charge >= 0.3 is 5.97 Å². The number of carbonyl (C=O) groups is 2. The summed E-state index contributed by atoms with van der Waals surface area (Å²) >= 11 is 1.16. The van der Waals surface area contributed by atoms with E-state index >= 15 is 0 Å². The first-order chi connectivity index (χ1) is 14.5. The molecule has 1 aromatic carbocycles. The number of dihydropyridines is 1. The number of carbonyl (C=O) groups excluding carboxylic acids is 2. The Morgan fingerprint density at radius 3 is 2.67 bits per heavy atom. The Morgan fingerprint density at radius 2 is 2.03 bits per heavy atom. The molecule has 0 unspecified atom stereocenters. The predicted octanol–water partition coefficient (Wildman–Crippen LogP) is 3.91. The number of nitrogens with one attached hydrogen (secondary N) is 2. The van der Waals surface area contributed by atoms with Crippen molar-refractivity contribution in [2.45, 2.75) is 19.8 Å². The van der Waals surface area contributed by atoms with E-state index in [2.05, 4.69) is 16.7 Å². The van der Waals surface area contributed by atoms with Gasteiger partial charge in [0.25, 0.3) is 5.91 Å². The lowest BCUT2D eigenvalue weighted by molar-refractivity contribution is -0.139. The SMILES string of the molecule is CCOC(=O)CSC1=C(C#N)[C@H](c2ccco2)C(C(=O)Nc2ccccc2)=C(C)N1. The lowest BCUT2D eigenvalue weighted by Crippen LogP contribution is -2.30. The molecular weight excluding hydrogens is 402 g/mol. The van der Waals surface area contributed by atoms with Crippen molar-refractivity contribution in [2.24, 2.45) is 0 Å². The molecule has 154 valence electrons. The normalized spacial score (nSPS) is 16.0. The topological polar surface area (TPSA) is 104 Å². The standard InChI is InChI=1S/C22H21N3O4S/c1-3-28-18(26)13-30-22-16(12-23)20(17-10-7-11-29-17)19(14(2)24-22)21(27)25-15-8-5-4-6-9-15/h4-11,20,24H,3,13H2,1-2H3,(H,25,27)/t20-/m1/s1. The highest BCUT2D eigenvalue weighted by molar-refractivity contribution is 8.03. The van der Waals surface area contributed by atoms with Crippen LogP contribution in [0, 0.1) is 11.3 Å². The number of rotatable bonds is 7. The smallest absolute Gasteiger partial charge is 0.316 e. The van der Waals surface area contributed by atoms with Gasteiger partial charge in [-0.25, -0.2) is 0 Å². The number of furan rings is 1. The second-order valence-corrected chi connectivity index (χ2v) is 7.37. The van der Waals surface area contributed by atoms with Gasteiger partial charge in [0, 0.05) is 11.4 Å². The Balaban J connectivity index is 1.95. The van der Waals surface area contributed by atoms with Crippen molar-refractivity contribution < 1.29 is 18.7 Å². The quantitative estimate of drug-likeness (QED) is 0.651. The number of thioether (sulfide) groups is 1. The Bertz CT molecular complexity index is 1020. The highest BCUT2D eigenvalue weighted by atomic mass is 32.2. The number of hydrogen-bond acceptors (Lipinski definition) is 7. The molecule has 1 amide bonds. The lowest BCUT2D eigenvalue weighted by atomic mass is 9.85. The monoisotopic (exact) mass is 423 g/mol. The summed E-state index contributed by atoms with van der Waals surface area (Å²) in [4.78, 5) is 24.9. The molecule has 0 fully saturated rings. The highest BCUT2D eigenvalue weighted by Gasteiger charge is 2.36. The summed E-state index contributed by atoms with van der Waals surface area (Å²) in [6.45, 7) is 3.78. The zero-order valence-electron chi connectivity index (χ0n) is 16.6. The molecule has 1 aromatic heterocycles. The van der Waals surface area contributed by atoms with Gasteiger partial charge in [0.2, 0.25) is 0 Å². The second-order valence-electron chi connectivity index (χ2n) is 6.38.